The number of carbonyl (C=O) groups is 2. The lowest BCUT2D eigenvalue weighted by molar-refractivity contribution is -0.127. The number of hydrogen-bond acceptors (Lipinski definition) is 5. The molecule has 1 amide bonds. The SMILES string of the molecule is CC(C)(C)C(=O)C=c1sc(=Cc2cccs2)c(=O)n1CC(=O)NC12CC3CC(CC(C3)C1)C2. The Hall–Kier alpha value is -1.99. The van der Waals surface area contributed by atoms with Gasteiger partial charge in [-0.25, -0.2) is 0 Å². The van der Waals surface area contributed by atoms with Crippen molar-refractivity contribution in [3.05, 3.63) is 41.9 Å². The Bertz CT molecular complexity index is 1210. The standard InChI is InChI=1S/C26H32N2O3S2/c1-25(2,3)21(29)11-23-28(24(31)20(33-23)10-19-5-4-6-32-19)15-22(30)27-26-12-16-7-17(13-26)9-18(8-16)14-26/h4-6,10-11,16-18H,7-9,12-15H2,1-3H3,(H,27,30). The van der Waals surface area contributed by atoms with E-state index in [-0.39, 0.29) is 29.3 Å². The van der Waals surface area contributed by atoms with Gasteiger partial charge >= 0.3 is 0 Å². The second-order valence-electron chi connectivity index (χ2n) is 11.4. The van der Waals surface area contributed by atoms with Gasteiger partial charge in [-0.15, -0.1) is 22.7 Å². The molecule has 2 aromatic heterocycles. The zero-order valence-corrected chi connectivity index (χ0v) is 21.2. The lowest BCUT2D eigenvalue weighted by atomic mass is 9.53. The number of nitrogens with zero attached hydrogens (tertiary/aromatic N) is 1. The van der Waals surface area contributed by atoms with Crippen molar-refractivity contribution in [2.24, 2.45) is 23.2 Å². The minimum atomic E-state index is -0.552. The molecule has 4 saturated carbocycles. The number of thiophene rings is 1. The van der Waals surface area contributed by atoms with Gasteiger partial charge in [-0.2, -0.15) is 0 Å². The molecule has 0 unspecified atom stereocenters. The molecule has 5 nitrogen and oxygen atoms in total. The largest absolute Gasteiger partial charge is 0.349 e. The summed E-state index contributed by atoms with van der Waals surface area (Å²) in [6.07, 6.45) is 10.5. The summed E-state index contributed by atoms with van der Waals surface area (Å²) in [5.41, 5.74) is -0.853. The number of aromatic nitrogens is 1. The van der Waals surface area contributed by atoms with Crippen LogP contribution in [0.5, 0.6) is 0 Å². The fourth-order valence-electron chi connectivity index (χ4n) is 6.37. The van der Waals surface area contributed by atoms with Crippen LogP contribution in [0.2, 0.25) is 0 Å². The molecule has 4 bridgehead atoms. The third-order valence-electron chi connectivity index (χ3n) is 7.49. The number of rotatable bonds is 5. The summed E-state index contributed by atoms with van der Waals surface area (Å²) < 4.78 is 2.58. The van der Waals surface area contributed by atoms with Crippen LogP contribution in [0.1, 0.15) is 64.2 Å². The Morgan fingerprint density at radius 2 is 1.79 bits per heavy atom. The summed E-state index contributed by atoms with van der Waals surface area (Å²) in [6.45, 7) is 5.54. The molecule has 176 valence electrons. The second kappa shape index (κ2) is 8.35. The highest BCUT2D eigenvalue weighted by Gasteiger charge is 2.51. The van der Waals surface area contributed by atoms with E-state index in [0.29, 0.717) is 9.20 Å². The number of thiazole rings is 1. The second-order valence-corrected chi connectivity index (χ2v) is 13.4. The first-order chi connectivity index (χ1) is 15.6. The van der Waals surface area contributed by atoms with Gasteiger partial charge < -0.3 is 5.32 Å². The first-order valence-electron chi connectivity index (χ1n) is 11.9. The van der Waals surface area contributed by atoms with Crippen LogP contribution in [0.15, 0.2) is 22.3 Å². The number of ketones is 1. The molecule has 4 aliphatic rings. The van der Waals surface area contributed by atoms with E-state index in [0.717, 1.165) is 41.9 Å². The maximum Gasteiger partial charge on any atom is 0.269 e. The number of amides is 1. The summed E-state index contributed by atoms with van der Waals surface area (Å²) in [5.74, 6) is 2.04. The molecule has 0 spiro atoms. The van der Waals surface area contributed by atoms with Crippen LogP contribution >= 0.6 is 22.7 Å². The molecule has 0 radical (unpaired) electrons. The van der Waals surface area contributed by atoms with Crippen molar-refractivity contribution in [3.63, 3.8) is 0 Å². The van der Waals surface area contributed by atoms with E-state index in [4.69, 9.17) is 0 Å². The monoisotopic (exact) mass is 484 g/mol. The molecular formula is C26H32N2O3S2. The molecule has 7 heteroatoms. The topological polar surface area (TPSA) is 68.2 Å². The minimum Gasteiger partial charge on any atom is -0.349 e. The van der Waals surface area contributed by atoms with Gasteiger partial charge in [0.2, 0.25) is 5.91 Å². The Morgan fingerprint density at radius 3 is 2.33 bits per heavy atom. The summed E-state index contributed by atoms with van der Waals surface area (Å²) >= 11 is 2.84. The van der Waals surface area contributed by atoms with E-state index in [2.05, 4.69) is 5.32 Å². The highest BCUT2D eigenvalue weighted by Crippen LogP contribution is 2.55. The van der Waals surface area contributed by atoms with Crippen LogP contribution in [0.25, 0.3) is 12.2 Å². The fourth-order valence-corrected chi connectivity index (χ4v) is 8.13. The average molecular weight is 485 g/mol. The smallest absolute Gasteiger partial charge is 0.269 e. The minimum absolute atomic E-state index is 0.0430. The van der Waals surface area contributed by atoms with Gasteiger partial charge in [-0.05, 0) is 73.8 Å². The normalized spacial score (nSPS) is 29.6. The van der Waals surface area contributed by atoms with Crippen molar-refractivity contribution >= 4 is 46.5 Å². The van der Waals surface area contributed by atoms with Crippen LogP contribution in [0, 0.1) is 23.2 Å². The van der Waals surface area contributed by atoms with E-state index in [1.807, 2.05) is 44.4 Å². The Kier molecular flexibility index (Phi) is 5.76. The third-order valence-corrected chi connectivity index (χ3v) is 9.37. The van der Waals surface area contributed by atoms with Gasteiger partial charge in [0, 0.05) is 21.9 Å². The van der Waals surface area contributed by atoms with Crippen molar-refractivity contribution in [2.45, 2.75) is 71.4 Å². The molecule has 4 fully saturated rings. The van der Waals surface area contributed by atoms with E-state index < -0.39 is 5.41 Å². The first kappa shape index (κ1) is 22.8. The van der Waals surface area contributed by atoms with E-state index in [9.17, 15) is 14.4 Å². The summed E-state index contributed by atoms with van der Waals surface area (Å²) in [6, 6.07) is 3.90. The fraction of sp³-hybridized carbons (Fsp3) is 0.577. The van der Waals surface area contributed by atoms with Gasteiger partial charge in [0.05, 0.1) is 4.53 Å². The van der Waals surface area contributed by atoms with Crippen molar-refractivity contribution in [2.75, 3.05) is 0 Å². The molecule has 0 aromatic carbocycles. The predicted octanol–water partition coefficient (Wildman–Crippen LogP) is 3.28. The van der Waals surface area contributed by atoms with Crippen LogP contribution in [0.3, 0.4) is 0 Å². The number of carbonyl (C=O) groups excluding carboxylic acids is 2. The summed E-state index contributed by atoms with van der Waals surface area (Å²) in [4.78, 5) is 40.2. The third kappa shape index (κ3) is 4.67. The molecule has 4 aliphatic carbocycles. The maximum atomic E-state index is 13.3. The van der Waals surface area contributed by atoms with Crippen LogP contribution in [-0.2, 0) is 16.1 Å². The number of nitrogens with one attached hydrogen (secondary N) is 1. The molecule has 2 heterocycles. The highest BCUT2D eigenvalue weighted by atomic mass is 32.1. The molecule has 1 N–H and O–H groups in total. The van der Waals surface area contributed by atoms with Crippen molar-refractivity contribution in [3.8, 4) is 0 Å². The predicted molar refractivity (Wildman–Crippen MR) is 134 cm³/mol. The molecule has 0 saturated heterocycles. The van der Waals surface area contributed by atoms with Gasteiger partial charge in [0.15, 0.2) is 5.78 Å². The van der Waals surface area contributed by atoms with Gasteiger partial charge in [-0.3, -0.25) is 19.0 Å². The van der Waals surface area contributed by atoms with Crippen molar-refractivity contribution in [1.82, 2.24) is 9.88 Å². The molecule has 0 aliphatic heterocycles. The van der Waals surface area contributed by atoms with Gasteiger partial charge in [0.25, 0.3) is 5.56 Å². The van der Waals surface area contributed by atoms with E-state index >= 15 is 0 Å². The Labute approximate surface area is 202 Å². The first-order valence-corrected chi connectivity index (χ1v) is 13.6. The number of Topliss-reactive ketones (excluding diaryl/α,β-unsaturated/α-hetero) is 1. The lowest BCUT2D eigenvalue weighted by Gasteiger charge is -2.56. The average Bonchev–Trinajstić information content (AvgIpc) is 3.30. The van der Waals surface area contributed by atoms with Crippen LogP contribution in [-0.4, -0.2) is 21.8 Å². The van der Waals surface area contributed by atoms with Gasteiger partial charge in [0.1, 0.15) is 11.2 Å². The highest BCUT2D eigenvalue weighted by molar-refractivity contribution is 7.11. The summed E-state index contributed by atoms with van der Waals surface area (Å²) in [5, 5.41) is 5.33. The molecule has 6 rings (SSSR count). The number of hydrogen-bond donors (Lipinski definition) is 1. The zero-order valence-electron chi connectivity index (χ0n) is 19.6. The Morgan fingerprint density at radius 1 is 1.15 bits per heavy atom. The molecule has 2 aromatic rings. The van der Waals surface area contributed by atoms with Crippen molar-refractivity contribution < 1.29 is 9.59 Å². The van der Waals surface area contributed by atoms with E-state index in [1.54, 1.807) is 11.3 Å². The molecule has 0 atom stereocenters. The van der Waals surface area contributed by atoms with Crippen LogP contribution < -0.4 is 20.1 Å². The van der Waals surface area contributed by atoms with Gasteiger partial charge in [-0.1, -0.05) is 26.8 Å². The summed E-state index contributed by atoms with van der Waals surface area (Å²) in [7, 11) is 0. The van der Waals surface area contributed by atoms with E-state index in [1.165, 1.54) is 41.2 Å². The lowest BCUT2D eigenvalue weighted by Crippen LogP contribution is -2.60. The maximum absolute atomic E-state index is 13.3. The molecular weight excluding hydrogens is 452 g/mol. The van der Waals surface area contributed by atoms with Crippen molar-refractivity contribution in [1.29, 1.82) is 0 Å². The zero-order chi connectivity index (χ0) is 23.4. The van der Waals surface area contributed by atoms with Crippen LogP contribution in [0.4, 0.5) is 0 Å². The Balaban J connectivity index is 1.46. The molecule has 33 heavy (non-hydrogen) atoms. The quantitative estimate of drug-likeness (QED) is 0.708.